The Labute approximate surface area is 159 Å². The van der Waals surface area contributed by atoms with Crippen LogP contribution < -0.4 is 0 Å². The Morgan fingerprint density at radius 3 is 2.68 bits per heavy atom. The van der Waals surface area contributed by atoms with Crippen molar-refractivity contribution >= 4 is 11.7 Å². The predicted octanol–water partition coefficient (Wildman–Crippen LogP) is 1.74. The molecule has 2 heterocycles. The number of halogens is 2. The maximum absolute atomic E-state index is 13.9. The zero-order chi connectivity index (χ0) is 19.9. The Bertz CT molecular complexity index is 922. The summed E-state index contributed by atoms with van der Waals surface area (Å²) in [5.41, 5.74) is -0.647. The van der Waals surface area contributed by atoms with E-state index in [1.54, 1.807) is 4.90 Å². The number of nitrogens with one attached hydrogen (secondary N) is 1. The third kappa shape index (κ3) is 3.19. The standard InChI is InChI=1S/C19H20F2N4O3/c20-11-4-5-12(14(21)10-11)17(26)19(28)6-8-25(9-7-19)18(27)13-2-1-3-15-16(13)23-24-22-15/h4-5,10,13,28H,1-3,6-9H2,(H,22,23,24). The Hall–Kier alpha value is -2.68. The normalized spacial score (nSPS) is 21.2. The summed E-state index contributed by atoms with van der Waals surface area (Å²) < 4.78 is 27.0. The summed E-state index contributed by atoms with van der Waals surface area (Å²) in [5.74, 6) is -3.05. The summed E-state index contributed by atoms with van der Waals surface area (Å²) in [6, 6.07) is 2.64. The Kier molecular flexibility index (Phi) is 4.70. The molecule has 1 unspecified atom stereocenters. The maximum Gasteiger partial charge on any atom is 0.231 e. The van der Waals surface area contributed by atoms with Gasteiger partial charge in [-0.25, -0.2) is 8.78 Å². The van der Waals surface area contributed by atoms with E-state index >= 15 is 0 Å². The van der Waals surface area contributed by atoms with Gasteiger partial charge in [-0.05, 0) is 31.4 Å². The zero-order valence-electron chi connectivity index (χ0n) is 15.1. The number of amides is 1. The molecule has 1 aromatic carbocycles. The number of carbonyl (C=O) groups is 2. The first-order chi connectivity index (χ1) is 13.4. The number of hydrogen-bond acceptors (Lipinski definition) is 5. The second kappa shape index (κ2) is 7.05. The third-order valence-corrected chi connectivity index (χ3v) is 5.69. The van der Waals surface area contributed by atoms with Crippen molar-refractivity contribution in [2.45, 2.75) is 43.6 Å². The Balaban J connectivity index is 1.46. The second-order valence-electron chi connectivity index (χ2n) is 7.41. The maximum atomic E-state index is 13.9. The van der Waals surface area contributed by atoms with Gasteiger partial charge in [0.25, 0.3) is 0 Å². The van der Waals surface area contributed by atoms with Gasteiger partial charge in [-0.2, -0.15) is 15.4 Å². The van der Waals surface area contributed by atoms with Gasteiger partial charge in [0, 0.05) is 32.0 Å². The molecule has 1 amide bonds. The van der Waals surface area contributed by atoms with Crippen molar-refractivity contribution < 1.29 is 23.5 Å². The number of hydrogen-bond donors (Lipinski definition) is 2. The lowest BCUT2D eigenvalue weighted by atomic mass is 9.82. The summed E-state index contributed by atoms with van der Waals surface area (Å²) >= 11 is 0. The molecule has 1 aliphatic carbocycles. The van der Waals surface area contributed by atoms with Gasteiger partial charge >= 0.3 is 0 Å². The number of H-pyrrole nitrogens is 1. The number of ketones is 1. The number of aryl methyl sites for hydroxylation is 1. The van der Waals surface area contributed by atoms with Crippen LogP contribution in [0.4, 0.5) is 8.78 Å². The highest BCUT2D eigenvalue weighted by molar-refractivity contribution is 6.02. The minimum atomic E-state index is -1.78. The molecule has 2 aliphatic rings. The number of aromatic nitrogens is 3. The van der Waals surface area contributed by atoms with E-state index in [0.29, 0.717) is 18.2 Å². The molecule has 7 nitrogen and oxygen atoms in total. The van der Waals surface area contributed by atoms with Crippen LogP contribution in [0.1, 0.15) is 53.3 Å². The smallest absolute Gasteiger partial charge is 0.231 e. The molecule has 1 saturated heterocycles. The highest BCUT2D eigenvalue weighted by Crippen LogP contribution is 2.33. The molecule has 1 aliphatic heterocycles. The van der Waals surface area contributed by atoms with Gasteiger partial charge in [0.05, 0.1) is 22.9 Å². The van der Waals surface area contributed by atoms with Gasteiger partial charge in [0.2, 0.25) is 5.91 Å². The van der Waals surface area contributed by atoms with E-state index in [1.807, 2.05) is 0 Å². The molecule has 1 fully saturated rings. The average Bonchev–Trinajstić information content (AvgIpc) is 3.16. The van der Waals surface area contributed by atoms with Crippen molar-refractivity contribution in [1.29, 1.82) is 0 Å². The lowest BCUT2D eigenvalue weighted by molar-refractivity contribution is -0.136. The molecule has 1 aromatic heterocycles. The topological polar surface area (TPSA) is 99.2 Å². The molecule has 1 atom stereocenters. The van der Waals surface area contributed by atoms with Gasteiger partial charge in [0.15, 0.2) is 5.78 Å². The molecular formula is C19H20F2N4O3. The molecule has 4 rings (SSSR count). The first-order valence-electron chi connectivity index (χ1n) is 9.29. The molecule has 148 valence electrons. The minimum Gasteiger partial charge on any atom is -0.382 e. The number of rotatable bonds is 3. The number of aliphatic hydroxyl groups is 1. The van der Waals surface area contributed by atoms with Crippen LogP contribution in [0.2, 0.25) is 0 Å². The van der Waals surface area contributed by atoms with Crippen LogP contribution in [0.5, 0.6) is 0 Å². The first kappa shape index (κ1) is 18.7. The van der Waals surface area contributed by atoms with E-state index in [2.05, 4.69) is 15.4 Å². The van der Waals surface area contributed by atoms with Gasteiger partial charge in [-0.3, -0.25) is 9.59 Å². The molecule has 2 aromatic rings. The lowest BCUT2D eigenvalue weighted by Crippen LogP contribution is -2.52. The van der Waals surface area contributed by atoms with E-state index < -0.39 is 23.0 Å². The van der Waals surface area contributed by atoms with Crippen LogP contribution in [0.15, 0.2) is 18.2 Å². The monoisotopic (exact) mass is 390 g/mol. The second-order valence-corrected chi connectivity index (χ2v) is 7.41. The quantitative estimate of drug-likeness (QED) is 0.778. The molecule has 0 radical (unpaired) electrons. The Morgan fingerprint density at radius 1 is 1.21 bits per heavy atom. The number of aromatic amines is 1. The minimum absolute atomic E-state index is 0.00716. The van der Waals surface area contributed by atoms with Gasteiger partial charge in [-0.15, -0.1) is 0 Å². The van der Waals surface area contributed by atoms with Crippen LogP contribution in [0, 0.1) is 11.6 Å². The van der Waals surface area contributed by atoms with Crippen LogP contribution in [-0.2, 0) is 11.2 Å². The van der Waals surface area contributed by atoms with E-state index in [0.717, 1.165) is 30.7 Å². The number of piperidine rings is 1. The SMILES string of the molecule is O=C(C1CCCc2n[nH]nc21)N1CCC(O)(C(=O)c2ccc(F)cc2F)CC1. The fourth-order valence-corrected chi connectivity index (χ4v) is 4.04. The number of likely N-dealkylation sites (tertiary alicyclic amines) is 1. The molecule has 0 saturated carbocycles. The highest BCUT2D eigenvalue weighted by Gasteiger charge is 2.43. The van der Waals surface area contributed by atoms with Crippen molar-refractivity contribution in [3.8, 4) is 0 Å². The number of Topliss-reactive ketones (excluding diaryl/α,β-unsaturated/α-hetero) is 1. The van der Waals surface area contributed by atoms with Crippen molar-refractivity contribution in [3.05, 3.63) is 46.8 Å². The molecule has 0 spiro atoms. The average molecular weight is 390 g/mol. The van der Waals surface area contributed by atoms with Gasteiger partial charge in [-0.1, -0.05) is 0 Å². The van der Waals surface area contributed by atoms with Crippen LogP contribution >= 0.6 is 0 Å². The van der Waals surface area contributed by atoms with Crippen molar-refractivity contribution in [1.82, 2.24) is 20.3 Å². The highest BCUT2D eigenvalue weighted by atomic mass is 19.1. The van der Waals surface area contributed by atoms with E-state index in [9.17, 15) is 23.5 Å². The van der Waals surface area contributed by atoms with Gasteiger partial charge in [0.1, 0.15) is 17.2 Å². The summed E-state index contributed by atoms with van der Waals surface area (Å²) in [6.07, 6.45) is 2.29. The predicted molar refractivity (Wildman–Crippen MR) is 93.5 cm³/mol. The Morgan fingerprint density at radius 2 is 1.96 bits per heavy atom. The molecule has 0 bridgehead atoms. The van der Waals surface area contributed by atoms with Crippen LogP contribution in [0.3, 0.4) is 0 Å². The molecular weight excluding hydrogens is 370 g/mol. The van der Waals surface area contributed by atoms with Crippen LogP contribution in [0.25, 0.3) is 0 Å². The summed E-state index contributed by atoms with van der Waals surface area (Å²) in [6.45, 7) is 0.348. The van der Waals surface area contributed by atoms with Crippen molar-refractivity contribution in [2.75, 3.05) is 13.1 Å². The van der Waals surface area contributed by atoms with Crippen molar-refractivity contribution in [3.63, 3.8) is 0 Å². The molecule has 9 heteroatoms. The molecule has 28 heavy (non-hydrogen) atoms. The zero-order valence-corrected chi connectivity index (χ0v) is 15.1. The van der Waals surface area contributed by atoms with Gasteiger partial charge < -0.3 is 10.0 Å². The third-order valence-electron chi connectivity index (χ3n) is 5.69. The number of carbonyl (C=O) groups excluding carboxylic acids is 2. The summed E-state index contributed by atoms with van der Waals surface area (Å²) in [7, 11) is 0. The largest absolute Gasteiger partial charge is 0.382 e. The number of fused-ring (bicyclic) bond motifs is 1. The number of benzene rings is 1. The lowest BCUT2D eigenvalue weighted by Gasteiger charge is -2.38. The molecule has 2 N–H and O–H groups in total. The number of nitrogens with zero attached hydrogens (tertiary/aromatic N) is 3. The van der Waals surface area contributed by atoms with E-state index in [1.165, 1.54) is 0 Å². The van der Waals surface area contributed by atoms with Crippen LogP contribution in [-0.4, -0.2) is 55.8 Å². The first-order valence-corrected chi connectivity index (χ1v) is 9.29. The summed E-state index contributed by atoms with van der Waals surface area (Å²) in [5, 5.41) is 21.5. The van der Waals surface area contributed by atoms with E-state index in [-0.39, 0.29) is 43.3 Å². The summed E-state index contributed by atoms with van der Waals surface area (Å²) in [4.78, 5) is 27.2. The fourth-order valence-electron chi connectivity index (χ4n) is 4.04. The van der Waals surface area contributed by atoms with E-state index in [4.69, 9.17) is 0 Å². The van der Waals surface area contributed by atoms with Crippen molar-refractivity contribution in [2.24, 2.45) is 0 Å². The fraction of sp³-hybridized carbons (Fsp3) is 0.474.